The fraction of sp³-hybridized carbons (Fsp3) is 0.250. The van der Waals surface area contributed by atoms with E-state index in [0.29, 0.717) is 0 Å². The molecule has 0 saturated heterocycles. The number of hydrogen-bond acceptors (Lipinski definition) is 1. The van der Waals surface area contributed by atoms with Crippen molar-refractivity contribution in [3.05, 3.63) is 42.0 Å². The molecule has 2 nitrogen and oxygen atoms in total. The van der Waals surface area contributed by atoms with E-state index in [1.807, 2.05) is 24.3 Å². The zero-order chi connectivity index (χ0) is 9.92. The number of rotatable bonds is 1. The maximum Gasteiger partial charge on any atom is 0.314 e. The predicted octanol–water partition coefficient (Wildman–Crippen LogP) is 2.27. The molecule has 1 aromatic rings. The third-order valence-electron chi connectivity index (χ3n) is 3.54. The average molecular weight is 186 g/mol. The number of carboxylic acids is 1. The van der Waals surface area contributed by atoms with Crippen LogP contribution in [0.5, 0.6) is 0 Å². The summed E-state index contributed by atoms with van der Waals surface area (Å²) in [6.45, 7) is 3.93. The fourth-order valence-electron chi connectivity index (χ4n) is 2.65. The topological polar surface area (TPSA) is 37.3 Å². The average Bonchev–Trinajstić information content (AvgIpc) is 2.88. The van der Waals surface area contributed by atoms with Gasteiger partial charge in [-0.1, -0.05) is 30.8 Å². The molecule has 1 saturated carbocycles. The van der Waals surface area contributed by atoms with Crippen LogP contribution in [0.2, 0.25) is 0 Å². The van der Waals surface area contributed by atoms with E-state index in [1.54, 1.807) is 0 Å². The molecule has 2 atom stereocenters. The van der Waals surface area contributed by atoms with E-state index < -0.39 is 11.4 Å². The normalized spacial score (nSPS) is 32.3. The van der Waals surface area contributed by atoms with Gasteiger partial charge in [0.2, 0.25) is 0 Å². The second-order valence-electron chi connectivity index (χ2n) is 4.10. The van der Waals surface area contributed by atoms with Crippen LogP contribution in [0, 0.1) is 5.41 Å². The zero-order valence-electron chi connectivity index (χ0n) is 7.66. The van der Waals surface area contributed by atoms with Crippen LogP contribution in [0.25, 0.3) is 5.57 Å². The minimum atomic E-state index is -0.719. The Morgan fingerprint density at radius 1 is 1.50 bits per heavy atom. The number of carbonyl (C=O) groups is 1. The van der Waals surface area contributed by atoms with E-state index in [-0.39, 0.29) is 5.92 Å². The molecular formula is C12H10O2. The Morgan fingerprint density at radius 2 is 2.21 bits per heavy atom. The molecule has 0 bridgehead atoms. The lowest BCUT2D eigenvalue weighted by atomic mass is 9.95. The molecule has 1 fully saturated rings. The Hall–Kier alpha value is -1.57. The van der Waals surface area contributed by atoms with Crippen LogP contribution in [0.4, 0.5) is 0 Å². The third-order valence-corrected chi connectivity index (χ3v) is 3.54. The van der Waals surface area contributed by atoms with Gasteiger partial charge in [-0.05, 0) is 23.1 Å². The first-order valence-corrected chi connectivity index (χ1v) is 4.70. The summed E-state index contributed by atoms with van der Waals surface area (Å²) in [6, 6.07) is 7.88. The van der Waals surface area contributed by atoms with Crippen molar-refractivity contribution in [1.82, 2.24) is 0 Å². The summed E-state index contributed by atoms with van der Waals surface area (Å²) >= 11 is 0. The van der Waals surface area contributed by atoms with Crippen LogP contribution >= 0.6 is 0 Å². The van der Waals surface area contributed by atoms with Gasteiger partial charge >= 0.3 is 5.97 Å². The molecule has 2 unspecified atom stereocenters. The number of benzene rings is 1. The molecule has 1 N–H and O–H groups in total. The molecule has 2 heteroatoms. The number of fused-ring (bicyclic) bond motifs is 3. The van der Waals surface area contributed by atoms with Crippen LogP contribution in [0.1, 0.15) is 23.5 Å². The van der Waals surface area contributed by atoms with Crippen molar-refractivity contribution in [2.45, 2.75) is 12.3 Å². The standard InChI is InChI=1S/C12H10O2/c1-7-8-4-2-3-5-9(8)10-6-12(7,10)11(13)14/h2-5,10H,1,6H2,(H,13,14). The van der Waals surface area contributed by atoms with Gasteiger partial charge in [0.05, 0.1) is 0 Å². The first-order chi connectivity index (χ1) is 6.68. The van der Waals surface area contributed by atoms with Crippen molar-refractivity contribution < 1.29 is 9.90 Å². The Balaban J connectivity index is 2.21. The summed E-state index contributed by atoms with van der Waals surface area (Å²) in [5.41, 5.74) is 2.36. The highest BCUT2D eigenvalue weighted by molar-refractivity contribution is 6.01. The van der Waals surface area contributed by atoms with Crippen LogP contribution in [0.15, 0.2) is 30.8 Å². The van der Waals surface area contributed by atoms with Gasteiger partial charge in [0.15, 0.2) is 0 Å². The number of carboxylic acid groups (broad SMARTS) is 1. The Morgan fingerprint density at radius 3 is 2.86 bits per heavy atom. The van der Waals surface area contributed by atoms with E-state index >= 15 is 0 Å². The van der Waals surface area contributed by atoms with Gasteiger partial charge in [0.1, 0.15) is 5.41 Å². The van der Waals surface area contributed by atoms with Gasteiger partial charge in [0, 0.05) is 5.92 Å². The molecular weight excluding hydrogens is 176 g/mol. The number of hydrogen-bond donors (Lipinski definition) is 1. The van der Waals surface area contributed by atoms with Crippen molar-refractivity contribution in [3.63, 3.8) is 0 Å². The Bertz CT molecular complexity index is 461. The highest BCUT2D eigenvalue weighted by Gasteiger charge is 2.67. The Labute approximate surface area is 81.9 Å². The van der Waals surface area contributed by atoms with Crippen molar-refractivity contribution in [3.8, 4) is 0 Å². The van der Waals surface area contributed by atoms with E-state index in [9.17, 15) is 9.90 Å². The van der Waals surface area contributed by atoms with Crippen molar-refractivity contribution in [1.29, 1.82) is 0 Å². The summed E-state index contributed by atoms with van der Waals surface area (Å²) < 4.78 is 0. The fourth-order valence-corrected chi connectivity index (χ4v) is 2.65. The Kier molecular flexibility index (Phi) is 1.16. The highest BCUT2D eigenvalue weighted by atomic mass is 16.4. The zero-order valence-corrected chi connectivity index (χ0v) is 7.66. The van der Waals surface area contributed by atoms with Gasteiger partial charge in [-0.25, -0.2) is 0 Å². The molecule has 2 aliphatic carbocycles. The van der Waals surface area contributed by atoms with Gasteiger partial charge in [-0.2, -0.15) is 0 Å². The molecule has 0 aliphatic heterocycles. The monoisotopic (exact) mass is 186 g/mol. The molecule has 0 amide bonds. The molecule has 0 heterocycles. The first-order valence-electron chi connectivity index (χ1n) is 4.70. The van der Waals surface area contributed by atoms with E-state index in [2.05, 4.69) is 6.58 Å². The summed E-state index contributed by atoms with van der Waals surface area (Å²) in [5.74, 6) is -0.535. The van der Waals surface area contributed by atoms with Crippen LogP contribution in [-0.2, 0) is 4.79 Å². The summed E-state index contributed by atoms with van der Waals surface area (Å²) in [5, 5.41) is 9.20. The molecule has 0 aromatic heterocycles. The van der Waals surface area contributed by atoms with Gasteiger partial charge in [-0.15, -0.1) is 0 Å². The van der Waals surface area contributed by atoms with Crippen molar-refractivity contribution in [2.24, 2.45) is 5.41 Å². The van der Waals surface area contributed by atoms with Crippen molar-refractivity contribution >= 4 is 11.5 Å². The minimum Gasteiger partial charge on any atom is -0.481 e. The number of aliphatic carboxylic acids is 1. The molecule has 0 spiro atoms. The second-order valence-corrected chi connectivity index (χ2v) is 4.10. The molecule has 70 valence electrons. The quantitative estimate of drug-likeness (QED) is 0.730. The minimum absolute atomic E-state index is 0.184. The predicted molar refractivity (Wildman–Crippen MR) is 52.9 cm³/mol. The largest absolute Gasteiger partial charge is 0.481 e. The third kappa shape index (κ3) is 0.628. The summed E-state index contributed by atoms with van der Waals surface area (Å²) in [4.78, 5) is 11.2. The maximum atomic E-state index is 11.2. The van der Waals surface area contributed by atoms with E-state index in [1.165, 1.54) is 5.56 Å². The van der Waals surface area contributed by atoms with Crippen LogP contribution < -0.4 is 0 Å². The maximum absolute atomic E-state index is 11.2. The highest BCUT2D eigenvalue weighted by Crippen LogP contribution is 2.71. The molecule has 2 aliphatic rings. The molecule has 14 heavy (non-hydrogen) atoms. The first kappa shape index (κ1) is 7.80. The lowest BCUT2D eigenvalue weighted by Crippen LogP contribution is -2.14. The molecule has 0 radical (unpaired) electrons. The van der Waals surface area contributed by atoms with Gasteiger partial charge < -0.3 is 5.11 Å². The SMILES string of the molecule is C=C1c2ccccc2C2CC12C(=O)O. The van der Waals surface area contributed by atoms with Crippen LogP contribution in [-0.4, -0.2) is 11.1 Å². The lowest BCUT2D eigenvalue weighted by Gasteiger charge is -2.08. The van der Waals surface area contributed by atoms with Gasteiger partial charge in [-0.3, -0.25) is 4.79 Å². The van der Waals surface area contributed by atoms with Crippen LogP contribution in [0.3, 0.4) is 0 Å². The second kappa shape index (κ2) is 2.08. The van der Waals surface area contributed by atoms with Crippen molar-refractivity contribution in [2.75, 3.05) is 0 Å². The lowest BCUT2D eigenvalue weighted by molar-refractivity contribution is -0.141. The van der Waals surface area contributed by atoms with E-state index in [0.717, 1.165) is 17.6 Å². The summed E-state index contributed by atoms with van der Waals surface area (Å²) in [7, 11) is 0. The molecule has 1 aromatic carbocycles. The smallest absolute Gasteiger partial charge is 0.314 e. The molecule has 3 rings (SSSR count). The van der Waals surface area contributed by atoms with E-state index in [4.69, 9.17) is 0 Å². The van der Waals surface area contributed by atoms with Gasteiger partial charge in [0.25, 0.3) is 0 Å². The summed E-state index contributed by atoms with van der Waals surface area (Å²) in [6.07, 6.45) is 0.734.